The van der Waals surface area contributed by atoms with Crippen molar-refractivity contribution in [2.75, 3.05) is 10.6 Å². The van der Waals surface area contributed by atoms with E-state index in [0.717, 1.165) is 43.6 Å². The first-order valence-electron chi connectivity index (χ1n) is 12.1. The number of rotatable bonds is 4. The minimum Gasteiger partial charge on any atom is -0.342 e. The maximum Gasteiger partial charge on any atom is 0.248 e. The van der Waals surface area contributed by atoms with Gasteiger partial charge in [0.1, 0.15) is 12.2 Å². The Labute approximate surface area is 218 Å². The number of benzene rings is 2. The molecule has 0 saturated carbocycles. The van der Waals surface area contributed by atoms with E-state index in [-0.39, 0.29) is 11.8 Å². The topological polar surface area (TPSA) is 130 Å². The number of imidazole rings is 1. The van der Waals surface area contributed by atoms with Crippen LogP contribution < -0.4 is 10.6 Å². The van der Waals surface area contributed by atoms with Gasteiger partial charge in [-0.15, -0.1) is 5.10 Å². The average Bonchev–Trinajstić information content (AvgIpc) is 3.58. The van der Waals surface area contributed by atoms with Crippen molar-refractivity contribution in [2.24, 2.45) is 0 Å². The van der Waals surface area contributed by atoms with Gasteiger partial charge < -0.3 is 15.6 Å². The van der Waals surface area contributed by atoms with E-state index in [0.29, 0.717) is 39.6 Å². The van der Waals surface area contributed by atoms with Crippen LogP contribution in [0.2, 0.25) is 5.02 Å². The van der Waals surface area contributed by atoms with Crippen LogP contribution in [0, 0.1) is 0 Å². The Hall–Kier alpha value is -4.31. The van der Waals surface area contributed by atoms with Crippen LogP contribution in [0.3, 0.4) is 0 Å². The number of fused-ring (bicyclic) bond motifs is 4. The number of H-pyrrole nitrogens is 1. The van der Waals surface area contributed by atoms with Gasteiger partial charge >= 0.3 is 0 Å². The zero-order chi connectivity index (χ0) is 25.6. The fourth-order valence-electron chi connectivity index (χ4n) is 4.29. The van der Waals surface area contributed by atoms with E-state index in [4.69, 9.17) is 11.6 Å². The number of carbonyl (C=O) groups is 2. The zero-order valence-electron chi connectivity index (χ0n) is 19.9. The summed E-state index contributed by atoms with van der Waals surface area (Å²) in [5.74, 6) is 0.466. The highest BCUT2D eigenvalue weighted by molar-refractivity contribution is 6.30. The summed E-state index contributed by atoms with van der Waals surface area (Å²) in [6.07, 6.45) is 11.4. The lowest BCUT2D eigenvalue weighted by molar-refractivity contribution is -0.116. The van der Waals surface area contributed by atoms with Crippen molar-refractivity contribution in [1.82, 2.24) is 30.2 Å². The van der Waals surface area contributed by atoms with Crippen molar-refractivity contribution in [3.63, 3.8) is 0 Å². The van der Waals surface area contributed by atoms with E-state index in [1.807, 2.05) is 6.07 Å². The Morgan fingerprint density at radius 1 is 1.11 bits per heavy atom. The first kappa shape index (κ1) is 24.4. The third-order valence-electron chi connectivity index (χ3n) is 6.06. The molecule has 0 radical (unpaired) electrons. The van der Waals surface area contributed by atoms with E-state index in [1.165, 1.54) is 17.1 Å². The molecule has 0 aliphatic carbocycles. The molecule has 0 atom stereocenters. The Kier molecular flexibility index (Phi) is 7.36. The lowest BCUT2D eigenvalue weighted by Gasteiger charge is -2.15. The van der Waals surface area contributed by atoms with Gasteiger partial charge in [-0.3, -0.25) is 9.59 Å². The number of anilines is 2. The number of carbonyl (C=O) groups excluding carboxylic acids is 2. The predicted molar refractivity (Wildman–Crippen MR) is 141 cm³/mol. The molecule has 11 heteroatoms. The Bertz CT molecular complexity index is 1440. The molecule has 4 aromatic rings. The lowest BCUT2D eigenvalue weighted by Crippen LogP contribution is -2.14. The molecule has 1 aliphatic rings. The molecule has 3 heterocycles. The zero-order valence-corrected chi connectivity index (χ0v) is 20.7. The van der Waals surface area contributed by atoms with Crippen molar-refractivity contribution < 1.29 is 9.59 Å². The Morgan fingerprint density at radius 3 is 2.81 bits per heavy atom. The number of hydrogen-bond donors (Lipinski definition) is 3. The van der Waals surface area contributed by atoms with Crippen LogP contribution in [0.5, 0.6) is 0 Å². The van der Waals surface area contributed by atoms with E-state index in [2.05, 4.69) is 36.1 Å². The van der Waals surface area contributed by atoms with Crippen LogP contribution in [0.25, 0.3) is 23.0 Å². The number of aromatic amines is 1. The SMILES string of the molecule is O=C(C=Cc1cc(Cl)ccc1-n1cnnn1)Nc1cccc2c1-c1cnc([nH]1)CCCCCCC(=O)N2. The van der Waals surface area contributed by atoms with Crippen molar-refractivity contribution in [2.45, 2.75) is 38.5 Å². The second-order valence-corrected chi connectivity index (χ2v) is 9.15. The maximum atomic E-state index is 13.0. The summed E-state index contributed by atoms with van der Waals surface area (Å²) in [5.41, 5.74) is 3.89. The highest BCUT2D eigenvalue weighted by Gasteiger charge is 2.17. The highest BCUT2D eigenvalue weighted by Crippen LogP contribution is 2.35. The van der Waals surface area contributed by atoms with E-state index < -0.39 is 0 Å². The van der Waals surface area contributed by atoms with Gasteiger partial charge in [0.2, 0.25) is 11.8 Å². The smallest absolute Gasteiger partial charge is 0.248 e. The second kappa shape index (κ2) is 11.2. The first-order chi connectivity index (χ1) is 18.1. The minimum atomic E-state index is -0.356. The molecule has 2 amide bonds. The number of tetrazole rings is 1. The van der Waals surface area contributed by atoms with Gasteiger partial charge in [0, 0.05) is 35.1 Å². The van der Waals surface area contributed by atoms with Gasteiger partial charge in [-0.1, -0.05) is 30.5 Å². The second-order valence-electron chi connectivity index (χ2n) is 8.71. The maximum absolute atomic E-state index is 13.0. The molecule has 188 valence electrons. The molecule has 2 aromatic carbocycles. The van der Waals surface area contributed by atoms with E-state index in [9.17, 15) is 9.59 Å². The number of aryl methyl sites for hydroxylation is 1. The van der Waals surface area contributed by atoms with Gasteiger partial charge in [-0.05, 0) is 59.7 Å². The number of aromatic nitrogens is 6. The van der Waals surface area contributed by atoms with Crippen LogP contribution in [0.1, 0.15) is 43.5 Å². The third kappa shape index (κ3) is 5.92. The quantitative estimate of drug-likeness (QED) is 0.334. The van der Waals surface area contributed by atoms with Crippen molar-refractivity contribution >= 4 is 40.9 Å². The predicted octanol–water partition coefficient (Wildman–Crippen LogP) is 4.80. The molecule has 2 aromatic heterocycles. The molecular weight excluding hydrogens is 492 g/mol. The summed E-state index contributed by atoms with van der Waals surface area (Å²) in [6, 6.07) is 10.6. The first-order valence-corrected chi connectivity index (χ1v) is 12.4. The molecule has 5 rings (SSSR count). The largest absolute Gasteiger partial charge is 0.342 e. The van der Waals surface area contributed by atoms with Gasteiger partial charge in [0.05, 0.1) is 29.0 Å². The molecule has 2 bridgehead atoms. The van der Waals surface area contributed by atoms with Crippen molar-refractivity contribution in [3.8, 4) is 16.9 Å². The standard InChI is InChI=1S/C26H25ClN8O2/c27-18-11-12-22(35-16-29-33-34-35)17(14-18)10-13-25(37)32-20-7-5-6-19-26(20)21-15-28-23(30-21)8-3-1-2-4-9-24(36)31-19/h5-7,10-16H,1-4,8-9H2,(H,28,30)(H,31,36)(H,32,37). The molecule has 0 unspecified atom stereocenters. The summed E-state index contributed by atoms with van der Waals surface area (Å²) in [6.45, 7) is 0. The monoisotopic (exact) mass is 516 g/mol. The van der Waals surface area contributed by atoms with Gasteiger partial charge in [0.25, 0.3) is 0 Å². The summed E-state index contributed by atoms with van der Waals surface area (Å²) in [7, 11) is 0. The van der Waals surface area contributed by atoms with Crippen molar-refractivity contribution in [1.29, 1.82) is 0 Å². The molecule has 0 saturated heterocycles. The number of nitrogens with one attached hydrogen (secondary N) is 3. The van der Waals surface area contributed by atoms with Crippen LogP contribution in [0.4, 0.5) is 11.4 Å². The molecule has 0 spiro atoms. The van der Waals surface area contributed by atoms with Crippen molar-refractivity contribution in [3.05, 3.63) is 71.4 Å². The summed E-state index contributed by atoms with van der Waals surface area (Å²) >= 11 is 6.18. The van der Waals surface area contributed by atoms with E-state index >= 15 is 0 Å². The number of halogens is 1. The Morgan fingerprint density at radius 2 is 1.97 bits per heavy atom. The molecular formula is C26H25ClN8O2. The number of hydrogen-bond acceptors (Lipinski definition) is 6. The fourth-order valence-corrected chi connectivity index (χ4v) is 4.47. The number of amides is 2. The summed E-state index contributed by atoms with van der Waals surface area (Å²) in [4.78, 5) is 33.5. The van der Waals surface area contributed by atoms with Gasteiger partial charge in [-0.2, -0.15) is 4.68 Å². The Balaban J connectivity index is 1.44. The van der Waals surface area contributed by atoms with Gasteiger partial charge in [-0.25, -0.2) is 4.98 Å². The molecule has 0 fully saturated rings. The molecule has 10 nitrogen and oxygen atoms in total. The molecule has 3 N–H and O–H groups in total. The fraction of sp³-hybridized carbons (Fsp3) is 0.231. The molecule has 37 heavy (non-hydrogen) atoms. The van der Waals surface area contributed by atoms with Gasteiger partial charge in [0.15, 0.2) is 0 Å². The average molecular weight is 517 g/mol. The number of nitrogens with zero attached hydrogens (tertiary/aromatic N) is 5. The lowest BCUT2D eigenvalue weighted by atomic mass is 10.1. The van der Waals surface area contributed by atoms with Crippen LogP contribution in [0.15, 0.2) is 55.0 Å². The van der Waals surface area contributed by atoms with Crippen LogP contribution in [-0.4, -0.2) is 42.0 Å². The summed E-state index contributed by atoms with van der Waals surface area (Å²) in [5, 5.41) is 17.7. The molecule has 1 aliphatic heterocycles. The highest BCUT2D eigenvalue weighted by atomic mass is 35.5. The van der Waals surface area contributed by atoms with E-state index in [1.54, 1.807) is 42.6 Å². The minimum absolute atomic E-state index is 0.0558. The summed E-state index contributed by atoms with van der Waals surface area (Å²) < 4.78 is 1.49. The van der Waals surface area contributed by atoms with Crippen LogP contribution in [-0.2, 0) is 16.0 Å². The third-order valence-corrected chi connectivity index (χ3v) is 6.30. The van der Waals surface area contributed by atoms with Crippen LogP contribution >= 0.6 is 11.6 Å². The normalized spacial score (nSPS) is 14.2.